The number of allylic oxidation sites excluding steroid dienone is 4. The number of hydrogen-bond donors (Lipinski definition) is 1. The van der Waals surface area contributed by atoms with E-state index in [4.69, 9.17) is 0 Å². The van der Waals surface area contributed by atoms with Crippen LogP contribution in [0.5, 0.6) is 0 Å². The van der Waals surface area contributed by atoms with Crippen molar-refractivity contribution in [1.82, 2.24) is 4.98 Å². The number of anilines is 1. The van der Waals surface area contributed by atoms with Crippen molar-refractivity contribution in [3.8, 4) is 0 Å². The molecule has 1 aliphatic carbocycles. The van der Waals surface area contributed by atoms with Crippen LogP contribution in [-0.4, -0.2) is 11.5 Å². The van der Waals surface area contributed by atoms with Gasteiger partial charge in [0.2, 0.25) is 0 Å². The highest BCUT2D eigenvalue weighted by molar-refractivity contribution is 7.48. The number of aromatic nitrogens is 1. The molecule has 1 N–H and O–H groups in total. The first-order valence-corrected chi connectivity index (χ1v) is 8.64. The molecule has 2 rings (SSSR count). The zero-order valence-corrected chi connectivity index (χ0v) is 13.2. The van der Waals surface area contributed by atoms with Crippen molar-refractivity contribution in [2.75, 3.05) is 11.9 Å². The standard InChI is InChI=1S/C17H21N2P/c1-13(2)16-17(19-12-20(16)4)18-11-15-9-7-5-6-8-14(3)10-15/h5-6,8-10,12,14,18H,1,11H2,2-4H3/b8-6-,15-10+. The highest BCUT2D eigenvalue weighted by Gasteiger charge is 2.09. The maximum Gasteiger partial charge on any atom is 0.138 e. The molecule has 0 saturated carbocycles. The van der Waals surface area contributed by atoms with Crippen LogP contribution >= 0.6 is 7.53 Å². The Morgan fingerprint density at radius 2 is 2.35 bits per heavy atom. The van der Waals surface area contributed by atoms with Crippen LogP contribution in [0.1, 0.15) is 19.1 Å². The van der Waals surface area contributed by atoms with Crippen LogP contribution in [0.4, 0.5) is 5.82 Å². The minimum Gasteiger partial charge on any atom is -0.365 e. The van der Waals surface area contributed by atoms with Crippen molar-refractivity contribution >= 4 is 18.9 Å². The second-order valence-corrected chi connectivity index (χ2v) is 7.05. The van der Waals surface area contributed by atoms with Gasteiger partial charge in [-0.15, -0.1) is 5.73 Å². The van der Waals surface area contributed by atoms with Crippen LogP contribution in [0.15, 0.2) is 54.2 Å². The second-order valence-electron chi connectivity index (χ2n) is 5.15. The highest BCUT2D eigenvalue weighted by Crippen LogP contribution is 2.39. The van der Waals surface area contributed by atoms with Crippen molar-refractivity contribution in [3.05, 3.63) is 59.5 Å². The van der Waals surface area contributed by atoms with E-state index in [9.17, 15) is 0 Å². The van der Waals surface area contributed by atoms with Crippen molar-refractivity contribution in [2.24, 2.45) is 12.6 Å². The molecule has 0 bridgehead atoms. The summed E-state index contributed by atoms with van der Waals surface area (Å²) in [4.78, 5) is 4.49. The second kappa shape index (κ2) is 6.61. The molecular formula is C17H21N2P. The zero-order chi connectivity index (χ0) is 14.5. The molecule has 0 fully saturated rings. The Hall–Kier alpha value is -1.75. The molecule has 2 atom stereocenters. The molecule has 0 saturated heterocycles. The van der Waals surface area contributed by atoms with Gasteiger partial charge in [0.05, 0.1) is 0 Å². The van der Waals surface area contributed by atoms with Gasteiger partial charge in [-0.05, 0) is 42.8 Å². The monoisotopic (exact) mass is 284 g/mol. The van der Waals surface area contributed by atoms with Gasteiger partial charge in [-0.25, -0.2) is 4.98 Å². The average Bonchev–Trinajstić information content (AvgIpc) is 2.73. The van der Waals surface area contributed by atoms with Gasteiger partial charge in [0.15, 0.2) is 0 Å². The van der Waals surface area contributed by atoms with Gasteiger partial charge in [0.1, 0.15) is 5.82 Å². The number of nitrogens with zero attached hydrogens (tertiary/aromatic N) is 1. The largest absolute Gasteiger partial charge is 0.365 e. The van der Waals surface area contributed by atoms with Crippen molar-refractivity contribution in [3.63, 3.8) is 0 Å². The van der Waals surface area contributed by atoms with Gasteiger partial charge < -0.3 is 5.32 Å². The van der Waals surface area contributed by atoms with Crippen LogP contribution in [0.3, 0.4) is 0 Å². The van der Waals surface area contributed by atoms with Crippen molar-refractivity contribution in [2.45, 2.75) is 13.8 Å². The third kappa shape index (κ3) is 3.63. The summed E-state index contributed by atoms with van der Waals surface area (Å²) in [5.74, 6) is 3.45. The van der Waals surface area contributed by atoms with Gasteiger partial charge >= 0.3 is 0 Å². The lowest BCUT2D eigenvalue weighted by Gasteiger charge is -2.10. The Kier molecular flexibility index (Phi) is 4.84. The summed E-state index contributed by atoms with van der Waals surface area (Å²) < 4.78 is 0. The SMILES string of the molecule is C=C(C)c1c(NC/C2=C/C(C)/C=C\C=C=C2)ncp1C. The third-order valence-corrected chi connectivity index (χ3v) is 4.91. The molecule has 0 aromatic carbocycles. The number of aryl methyl sites for hydroxylation is 1. The maximum absolute atomic E-state index is 4.49. The summed E-state index contributed by atoms with van der Waals surface area (Å²) in [5, 5.41) is 4.72. The van der Waals surface area contributed by atoms with Crippen LogP contribution in [0, 0.1) is 5.92 Å². The van der Waals surface area contributed by atoms with Crippen molar-refractivity contribution < 1.29 is 0 Å². The first-order valence-electron chi connectivity index (χ1n) is 6.79. The van der Waals surface area contributed by atoms with E-state index in [1.165, 1.54) is 10.9 Å². The molecule has 2 unspecified atom stereocenters. The van der Waals surface area contributed by atoms with Crippen LogP contribution in [0.25, 0.3) is 5.57 Å². The summed E-state index contributed by atoms with van der Waals surface area (Å²) in [6.45, 7) is 11.3. The summed E-state index contributed by atoms with van der Waals surface area (Å²) in [7, 11) is -0.291. The summed E-state index contributed by atoms with van der Waals surface area (Å²) in [6.07, 6.45) is 10.4. The average molecular weight is 284 g/mol. The number of hydrogen-bond acceptors (Lipinski definition) is 2. The van der Waals surface area contributed by atoms with Gasteiger partial charge in [-0.3, -0.25) is 0 Å². The third-order valence-electron chi connectivity index (χ3n) is 3.15. The van der Waals surface area contributed by atoms with E-state index in [1.54, 1.807) is 0 Å². The lowest BCUT2D eigenvalue weighted by atomic mass is 10.1. The molecule has 1 aliphatic rings. The minimum absolute atomic E-state index is 0.291. The van der Waals surface area contributed by atoms with Crippen LogP contribution < -0.4 is 5.32 Å². The van der Waals surface area contributed by atoms with E-state index < -0.39 is 0 Å². The smallest absolute Gasteiger partial charge is 0.138 e. The van der Waals surface area contributed by atoms with Crippen LogP contribution in [-0.2, 0) is 6.66 Å². The topological polar surface area (TPSA) is 24.9 Å². The first-order chi connectivity index (χ1) is 9.58. The molecular weight excluding hydrogens is 263 g/mol. The molecule has 1 heterocycles. The van der Waals surface area contributed by atoms with E-state index in [0.717, 1.165) is 17.9 Å². The normalized spacial score (nSPS) is 22.6. The molecule has 0 amide bonds. The van der Waals surface area contributed by atoms with E-state index >= 15 is 0 Å². The van der Waals surface area contributed by atoms with E-state index in [0.29, 0.717) is 5.92 Å². The molecule has 0 radical (unpaired) electrons. The Bertz CT molecular complexity index is 625. The fourth-order valence-corrected chi connectivity index (χ4v) is 3.72. The quantitative estimate of drug-likeness (QED) is 0.796. The molecule has 20 heavy (non-hydrogen) atoms. The highest BCUT2D eigenvalue weighted by atomic mass is 31.1. The molecule has 0 aliphatic heterocycles. The molecule has 0 spiro atoms. The number of rotatable bonds is 4. The van der Waals surface area contributed by atoms with Gasteiger partial charge in [0, 0.05) is 17.8 Å². The predicted octanol–water partition coefficient (Wildman–Crippen LogP) is 4.89. The predicted molar refractivity (Wildman–Crippen MR) is 90.2 cm³/mol. The summed E-state index contributed by atoms with van der Waals surface area (Å²) in [5.41, 5.74) is 5.50. The molecule has 1 aromatic rings. The molecule has 2 nitrogen and oxygen atoms in total. The van der Waals surface area contributed by atoms with Crippen LogP contribution in [0.2, 0.25) is 0 Å². The molecule has 3 heteroatoms. The van der Waals surface area contributed by atoms with E-state index in [1.807, 2.05) is 24.2 Å². The minimum atomic E-state index is -0.291. The van der Waals surface area contributed by atoms with Crippen molar-refractivity contribution in [1.29, 1.82) is 0 Å². The molecule has 1 aromatic heterocycles. The van der Waals surface area contributed by atoms with Gasteiger partial charge in [-0.1, -0.05) is 39.3 Å². The molecule has 104 valence electrons. The first kappa shape index (κ1) is 14.7. The lowest BCUT2D eigenvalue weighted by molar-refractivity contribution is 0.924. The fourth-order valence-electron chi connectivity index (χ4n) is 2.24. The van der Waals surface area contributed by atoms with E-state index in [2.05, 4.69) is 55.3 Å². The van der Waals surface area contributed by atoms with Gasteiger partial charge in [0.25, 0.3) is 0 Å². The zero-order valence-electron chi connectivity index (χ0n) is 12.4. The number of nitrogens with one attached hydrogen (secondary N) is 1. The van der Waals surface area contributed by atoms with E-state index in [-0.39, 0.29) is 7.53 Å². The Morgan fingerprint density at radius 1 is 1.55 bits per heavy atom. The maximum atomic E-state index is 4.49. The Morgan fingerprint density at radius 3 is 3.10 bits per heavy atom. The fraction of sp³-hybridized carbons (Fsp3) is 0.294. The Balaban J connectivity index is 2.13. The summed E-state index contributed by atoms with van der Waals surface area (Å²) >= 11 is 0. The van der Waals surface area contributed by atoms with Gasteiger partial charge in [-0.2, -0.15) is 0 Å². The Labute approximate surface area is 122 Å². The summed E-state index contributed by atoms with van der Waals surface area (Å²) in [6, 6.07) is 0. The lowest BCUT2D eigenvalue weighted by Crippen LogP contribution is -2.06.